The number of hydrogen-bond donors (Lipinski definition) is 1. The van der Waals surface area contributed by atoms with Crippen molar-refractivity contribution < 1.29 is 9.53 Å². The van der Waals surface area contributed by atoms with Crippen molar-refractivity contribution in [2.45, 2.75) is 45.6 Å². The minimum absolute atomic E-state index is 0.0464. The number of methoxy groups -OCH3 is 1. The maximum Gasteiger partial charge on any atom is 0.251 e. The minimum atomic E-state index is 0.0464. The maximum atomic E-state index is 12.2. The fraction of sp³-hybridized carbons (Fsp3) is 0.533. The molecule has 2 rings (SSSR count). The number of ether oxygens (including phenoxy) is 1. The van der Waals surface area contributed by atoms with Gasteiger partial charge in [0.15, 0.2) is 0 Å². The lowest BCUT2D eigenvalue weighted by Crippen LogP contribution is -2.33. The first-order valence-electron chi connectivity index (χ1n) is 6.58. The summed E-state index contributed by atoms with van der Waals surface area (Å²) < 4.78 is 5.26. The second-order valence-corrected chi connectivity index (χ2v) is 5.09. The summed E-state index contributed by atoms with van der Waals surface area (Å²) in [6.07, 6.45) is 4.68. The topological polar surface area (TPSA) is 38.3 Å². The summed E-state index contributed by atoms with van der Waals surface area (Å²) in [6, 6.07) is 4.21. The number of benzene rings is 1. The van der Waals surface area contributed by atoms with E-state index in [0.29, 0.717) is 6.04 Å². The van der Waals surface area contributed by atoms with Gasteiger partial charge >= 0.3 is 0 Å². The van der Waals surface area contributed by atoms with E-state index in [4.69, 9.17) is 4.74 Å². The smallest absolute Gasteiger partial charge is 0.251 e. The molecule has 18 heavy (non-hydrogen) atoms. The zero-order valence-corrected chi connectivity index (χ0v) is 11.4. The van der Waals surface area contributed by atoms with Crippen LogP contribution in [0.3, 0.4) is 0 Å². The summed E-state index contributed by atoms with van der Waals surface area (Å²) in [5.41, 5.74) is 2.73. The van der Waals surface area contributed by atoms with Gasteiger partial charge < -0.3 is 10.1 Å². The molecule has 0 atom stereocenters. The molecule has 98 valence electrons. The Hall–Kier alpha value is -1.51. The fourth-order valence-corrected chi connectivity index (χ4v) is 2.59. The Bertz CT molecular complexity index is 448. The number of amides is 1. The molecule has 1 fully saturated rings. The molecule has 1 amide bonds. The number of nitrogens with one attached hydrogen (secondary N) is 1. The first-order valence-corrected chi connectivity index (χ1v) is 6.58. The van der Waals surface area contributed by atoms with Gasteiger partial charge in [0.25, 0.3) is 5.91 Å². The van der Waals surface area contributed by atoms with Gasteiger partial charge in [0, 0.05) is 11.6 Å². The highest BCUT2D eigenvalue weighted by molar-refractivity contribution is 5.96. The average molecular weight is 247 g/mol. The molecule has 0 spiro atoms. The lowest BCUT2D eigenvalue weighted by molar-refractivity contribution is 0.0937. The van der Waals surface area contributed by atoms with Crippen LogP contribution in [0.2, 0.25) is 0 Å². The molecule has 0 unspecified atom stereocenters. The molecule has 1 aromatic rings. The van der Waals surface area contributed by atoms with E-state index in [9.17, 15) is 4.79 Å². The molecular weight excluding hydrogens is 226 g/mol. The first kappa shape index (κ1) is 12.9. The van der Waals surface area contributed by atoms with Gasteiger partial charge in [0.2, 0.25) is 0 Å². The van der Waals surface area contributed by atoms with Gasteiger partial charge in [0.1, 0.15) is 5.75 Å². The normalized spacial score (nSPS) is 15.7. The van der Waals surface area contributed by atoms with Crippen LogP contribution in [0.4, 0.5) is 0 Å². The average Bonchev–Trinajstić information content (AvgIpc) is 2.84. The Balaban J connectivity index is 2.16. The Morgan fingerprint density at radius 1 is 1.22 bits per heavy atom. The summed E-state index contributed by atoms with van der Waals surface area (Å²) in [4.78, 5) is 12.2. The van der Waals surface area contributed by atoms with Crippen LogP contribution in [0.5, 0.6) is 5.75 Å². The lowest BCUT2D eigenvalue weighted by atomic mass is 10.0. The number of carbonyl (C=O) groups is 1. The molecule has 1 aliphatic carbocycles. The molecule has 1 N–H and O–H groups in total. The molecule has 1 saturated carbocycles. The van der Waals surface area contributed by atoms with Gasteiger partial charge in [-0.25, -0.2) is 0 Å². The van der Waals surface area contributed by atoms with Crippen molar-refractivity contribution in [1.82, 2.24) is 5.32 Å². The van der Waals surface area contributed by atoms with E-state index in [-0.39, 0.29) is 5.91 Å². The summed E-state index contributed by atoms with van der Waals surface area (Å²) in [5, 5.41) is 3.12. The quantitative estimate of drug-likeness (QED) is 0.891. The minimum Gasteiger partial charge on any atom is -0.496 e. The first-order chi connectivity index (χ1) is 8.61. The Kier molecular flexibility index (Phi) is 3.90. The molecular formula is C15H21NO2. The van der Waals surface area contributed by atoms with Crippen LogP contribution >= 0.6 is 0 Å². The van der Waals surface area contributed by atoms with Crippen LogP contribution in [-0.2, 0) is 0 Å². The van der Waals surface area contributed by atoms with Crippen LogP contribution in [0.25, 0.3) is 0 Å². The van der Waals surface area contributed by atoms with E-state index in [1.54, 1.807) is 7.11 Å². The highest BCUT2D eigenvalue weighted by atomic mass is 16.5. The zero-order chi connectivity index (χ0) is 13.1. The molecule has 3 heteroatoms. The van der Waals surface area contributed by atoms with Crippen molar-refractivity contribution in [1.29, 1.82) is 0 Å². The molecule has 3 nitrogen and oxygen atoms in total. The highest BCUT2D eigenvalue weighted by Crippen LogP contribution is 2.23. The highest BCUT2D eigenvalue weighted by Gasteiger charge is 2.19. The van der Waals surface area contributed by atoms with Crippen LogP contribution in [0.15, 0.2) is 12.1 Å². The van der Waals surface area contributed by atoms with Gasteiger partial charge in [0.05, 0.1) is 7.11 Å². The summed E-state index contributed by atoms with van der Waals surface area (Å²) in [7, 11) is 1.65. The lowest BCUT2D eigenvalue weighted by Gasteiger charge is -2.15. The van der Waals surface area contributed by atoms with Crippen molar-refractivity contribution >= 4 is 5.91 Å². The van der Waals surface area contributed by atoms with Crippen LogP contribution in [0, 0.1) is 13.8 Å². The molecule has 0 radical (unpaired) electrons. The van der Waals surface area contributed by atoms with Gasteiger partial charge in [-0.05, 0) is 49.9 Å². The number of carbonyl (C=O) groups excluding carboxylic acids is 1. The van der Waals surface area contributed by atoms with Gasteiger partial charge in [-0.15, -0.1) is 0 Å². The third-order valence-corrected chi connectivity index (χ3v) is 3.68. The number of rotatable bonds is 3. The summed E-state index contributed by atoms with van der Waals surface area (Å²) >= 11 is 0. The second kappa shape index (κ2) is 5.42. The van der Waals surface area contributed by atoms with E-state index in [1.807, 2.05) is 26.0 Å². The second-order valence-electron chi connectivity index (χ2n) is 5.09. The van der Waals surface area contributed by atoms with Crippen LogP contribution < -0.4 is 10.1 Å². The van der Waals surface area contributed by atoms with E-state index in [0.717, 1.165) is 35.3 Å². The van der Waals surface area contributed by atoms with Crippen molar-refractivity contribution in [3.63, 3.8) is 0 Å². The predicted octanol–water partition coefficient (Wildman–Crippen LogP) is 2.98. The maximum absolute atomic E-state index is 12.2. The van der Waals surface area contributed by atoms with E-state index >= 15 is 0 Å². The van der Waals surface area contributed by atoms with Gasteiger partial charge in [-0.2, -0.15) is 0 Å². The molecule has 0 heterocycles. The molecule has 0 aliphatic heterocycles. The predicted molar refractivity (Wildman–Crippen MR) is 72.2 cm³/mol. The summed E-state index contributed by atoms with van der Waals surface area (Å²) in [5.74, 6) is 0.884. The largest absolute Gasteiger partial charge is 0.496 e. The summed E-state index contributed by atoms with van der Waals surface area (Å²) in [6.45, 7) is 3.91. The van der Waals surface area contributed by atoms with Crippen molar-refractivity contribution in [3.05, 3.63) is 28.8 Å². The zero-order valence-electron chi connectivity index (χ0n) is 11.4. The number of hydrogen-bond acceptors (Lipinski definition) is 2. The Labute approximate surface area is 109 Å². The fourth-order valence-electron chi connectivity index (χ4n) is 2.59. The van der Waals surface area contributed by atoms with Crippen molar-refractivity contribution in [2.24, 2.45) is 0 Å². The van der Waals surface area contributed by atoms with Crippen molar-refractivity contribution in [3.8, 4) is 5.75 Å². The number of aryl methyl sites for hydroxylation is 2. The van der Waals surface area contributed by atoms with Crippen LogP contribution in [-0.4, -0.2) is 19.1 Å². The molecule has 0 aromatic heterocycles. The van der Waals surface area contributed by atoms with E-state index in [1.165, 1.54) is 12.8 Å². The third kappa shape index (κ3) is 2.66. The van der Waals surface area contributed by atoms with E-state index in [2.05, 4.69) is 5.32 Å². The molecule has 0 saturated heterocycles. The standard InChI is InChI=1S/C15H21NO2/c1-10-9-14(18-3)11(2)8-13(10)15(17)16-12-6-4-5-7-12/h8-9,12H,4-7H2,1-3H3,(H,16,17). The van der Waals surface area contributed by atoms with Crippen molar-refractivity contribution in [2.75, 3.05) is 7.11 Å². The van der Waals surface area contributed by atoms with Crippen LogP contribution in [0.1, 0.15) is 47.2 Å². The third-order valence-electron chi connectivity index (χ3n) is 3.68. The van der Waals surface area contributed by atoms with Gasteiger partial charge in [-0.1, -0.05) is 12.8 Å². The molecule has 0 bridgehead atoms. The van der Waals surface area contributed by atoms with Gasteiger partial charge in [-0.3, -0.25) is 4.79 Å². The molecule has 1 aromatic carbocycles. The SMILES string of the molecule is COc1cc(C)c(C(=O)NC2CCCC2)cc1C. The Morgan fingerprint density at radius 3 is 2.50 bits per heavy atom. The monoisotopic (exact) mass is 247 g/mol. The van der Waals surface area contributed by atoms with E-state index < -0.39 is 0 Å². The Morgan fingerprint density at radius 2 is 1.89 bits per heavy atom. The molecule has 1 aliphatic rings.